The van der Waals surface area contributed by atoms with Crippen molar-refractivity contribution in [3.8, 4) is 0 Å². The molecule has 1 atom stereocenters. The van der Waals surface area contributed by atoms with Crippen molar-refractivity contribution in [2.24, 2.45) is 0 Å². The molecular weight excluding hydrogens is 234 g/mol. The van der Waals surface area contributed by atoms with Crippen LogP contribution in [0.1, 0.15) is 36.0 Å². The molecule has 0 aliphatic carbocycles. The molecular formula is C11H15N5S. The molecule has 0 saturated carbocycles. The van der Waals surface area contributed by atoms with Crippen LogP contribution in [0.4, 0.5) is 0 Å². The highest BCUT2D eigenvalue weighted by Crippen LogP contribution is 2.19. The number of rotatable bonds is 4. The average Bonchev–Trinajstić information content (AvgIpc) is 3.02. The van der Waals surface area contributed by atoms with Gasteiger partial charge in [-0.2, -0.15) is 0 Å². The first-order valence-electron chi connectivity index (χ1n) is 5.88. The van der Waals surface area contributed by atoms with Crippen LogP contribution in [0.25, 0.3) is 0 Å². The molecule has 2 aromatic rings. The Labute approximate surface area is 104 Å². The normalized spacial score (nSPS) is 16.1. The van der Waals surface area contributed by atoms with E-state index in [1.54, 1.807) is 11.3 Å². The topological polar surface area (TPSA) is 55.6 Å². The van der Waals surface area contributed by atoms with Crippen molar-refractivity contribution in [3.63, 3.8) is 0 Å². The van der Waals surface area contributed by atoms with Gasteiger partial charge in [0.05, 0.1) is 6.04 Å². The van der Waals surface area contributed by atoms with Gasteiger partial charge in [-0.3, -0.25) is 0 Å². The van der Waals surface area contributed by atoms with E-state index in [-0.39, 0.29) is 6.04 Å². The Morgan fingerprint density at radius 3 is 3.29 bits per heavy atom. The number of fused-ring (bicyclic) bond motifs is 1. The average molecular weight is 249 g/mol. The molecule has 0 spiro atoms. The lowest BCUT2D eigenvalue weighted by Crippen LogP contribution is -2.21. The summed E-state index contributed by atoms with van der Waals surface area (Å²) in [5, 5.41) is 15.0. The Bertz CT molecular complexity index is 490. The van der Waals surface area contributed by atoms with Crippen molar-refractivity contribution < 1.29 is 0 Å². The largest absolute Gasteiger partial charge is 0.314 e. The molecule has 0 amide bonds. The van der Waals surface area contributed by atoms with E-state index in [0.717, 1.165) is 36.2 Å². The Kier molecular flexibility index (Phi) is 2.90. The minimum absolute atomic E-state index is 0.221. The maximum atomic E-state index is 4.27. The van der Waals surface area contributed by atoms with Crippen LogP contribution in [0.3, 0.4) is 0 Å². The zero-order valence-corrected chi connectivity index (χ0v) is 10.6. The van der Waals surface area contributed by atoms with Crippen molar-refractivity contribution in [1.29, 1.82) is 0 Å². The first-order chi connectivity index (χ1) is 8.34. The number of thiazole rings is 1. The summed E-state index contributed by atoms with van der Waals surface area (Å²) < 4.78 is 2.24. The molecule has 90 valence electrons. The summed E-state index contributed by atoms with van der Waals surface area (Å²) in [6.45, 7) is 3.98. The SMILES string of the molecule is CC(NCc1nccs1)c1nnc2n1CCC2. The molecule has 0 saturated heterocycles. The van der Waals surface area contributed by atoms with Crippen LogP contribution < -0.4 is 5.32 Å². The zero-order valence-electron chi connectivity index (χ0n) is 9.76. The molecule has 3 rings (SSSR count). The summed E-state index contributed by atoms with van der Waals surface area (Å²) in [5.41, 5.74) is 0. The molecule has 0 fully saturated rings. The molecule has 3 heterocycles. The standard InChI is InChI=1S/C11H15N5S/c1-8(13-7-10-12-4-6-17-10)11-15-14-9-3-2-5-16(9)11/h4,6,8,13H,2-3,5,7H2,1H3. The minimum Gasteiger partial charge on any atom is -0.314 e. The van der Waals surface area contributed by atoms with Gasteiger partial charge in [0, 0.05) is 31.1 Å². The predicted molar refractivity (Wildman–Crippen MR) is 65.7 cm³/mol. The van der Waals surface area contributed by atoms with E-state index in [9.17, 15) is 0 Å². The highest BCUT2D eigenvalue weighted by atomic mass is 32.1. The van der Waals surface area contributed by atoms with Gasteiger partial charge in [0.1, 0.15) is 16.7 Å². The van der Waals surface area contributed by atoms with Gasteiger partial charge in [-0.25, -0.2) is 4.98 Å². The van der Waals surface area contributed by atoms with Crippen LogP contribution in [-0.2, 0) is 19.5 Å². The van der Waals surface area contributed by atoms with Gasteiger partial charge in [0.25, 0.3) is 0 Å². The molecule has 1 unspecified atom stereocenters. The Balaban J connectivity index is 1.67. The highest BCUT2D eigenvalue weighted by molar-refractivity contribution is 7.09. The Morgan fingerprint density at radius 2 is 2.47 bits per heavy atom. The van der Waals surface area contributed by atoms with Crippen molar-refractivity contribution in [3.05, 3.63) is 28.2 Å². The monoisotopic (exact) mass is 249 g/mol. The first-order valence-corrected chi connectivity index (χ1v) is 6.76. The first kappa shape index (κ1) is 10.9. The zero-order chi connectivity index (χ0) is 11.7. The second-order valence-electron chi connectivity index (χ2n) is 4.26. The van der Waals surface area contributed by atoms with E-state index >= 15 is 0 Å². The van der Waals surface area contributed by atoms with E-state index in [0.29, 0.717) is 0 Å². The quantitative estimate of drug-likeness (QED) is 0.893. The minimum atomic E-state index is 0.221. The summed E-state index contributed by atoms with van der Waals surface area (Å²) in [6.07, 6.45) is 4.09. The number of hydrogen-bond acceptors (Lipinski definition) is 5. The second kappa shape index (κ2) is 4.54. The summed E-state index contributed by atoms with van der Waals surface area (Å²) >= 11 is 1.67. The molecule has 5 nitrogen and oxygen atoms in total. The van der Waals surface area contributed by atoms with Crippen LogP contribution in [0, 0.1) is 0 Å². The van der Waals surface area contributed by atoms with Crippen LogP contribution >= 0.6 is 11.3 Å². The number of hydrogen-bond donors (Lipinski definition) is 1. The van der Waals surface area contributed by atoms with E-state index in [2.05, 4.69) is 32.0 Å². The molecule has 17 heavy (non-hydrogen) atoms. The molecule has 0 radical (unpaired) electrons. The van der Waals surface area contributed by atoms with E-state index in [4.69, 9.17) is 0 Å². The highest BCUT2D eigenvalue weighted by Gasteiger charge is 2.20. The molecule has 1 aliphatic rings. The predicted octanol–water partition coefficient (Wildman–Crippen LogP) is 1.53. The summed E-state index contributed by atoms with van der Waals surface area (Å²) in [7, 11) is 0. The van der Waals surface area contributed by atoms with Crippen molar-refractivity contribution in [2.75, 3.05) is 0 Å². The third-order valence-electron chi connectivity index (χ3n) is 3.07. The van der Waals surface area contributed by atoms with Crippen molar-refractivity contribution in [1.82, 2.24) is 25.1 Å². The molecule has 1 N–H and O–H groups in total. The van der Waals surface area contributed by atoms with Crippen LogP contribution in [0.15, 0.2) is 11.6 Å². The molecule has 2 aromatic heterocycles. The van der Waals surface area contributed by atoms with Gasteiger partial charge in [-0.15, -0.1) is 21.5 Å². The molecule has 0 aromatic carbocycles. The smallest absolute Gasteiger partial charge is 0.149 e. The third-order valence-corrected chi connectivity index (χ3v) is 3.85. The van der Waals surface area contributed by atoms with Crippen molar-refractivity contribution in [2.45, 2.75) is 38.9 Å². The number of nitrogens with zero attached hydrogens (tertiary/aromatic N) is 4. The summed E-state index contributed by atoms with van der Waals surface area (Å²) in [5.74, 6) is 2.18. The van der Waals surface area contributed by atoms with E-state index in [1.807, 2.05) is 11.6 Å². The van der Waals surface area contributed by atoms with Gasteiger partial charge in [-0.05, 0) is 13.3 Å². The van der Waals surface area contributed by atoms with Gasteiger partial charge >= 0.3 is 0 Å². The van der Waals surface area contributed by atoms with Gasteiger partial charge in [-0.1, -0.05) is 0 Å². The fourth-order valence-corrected chi connectivity index (χ4v) is 2.73. The number of nitrogens with one attached hydrogen (secondary N) is 1. The fraction of sp³-hybridized carbons (Fsp3) is 0.545. The van der Waals surface area contributed by atoms with Crippen molar-refractivity contribution >= 4 is 11.3 Å². The number of aryl methyl sites for hydroxylation is 1. The lowest BCUT2D eigenvalue weighted by molar-refractivity contribution is 0.515. The fourth-order valence-electron chi connectivity index (χ4n) is 2.17. The second-order valence-corrected chi connectivity index (χ2v) is 5.24. The molecule has 0 bridgehead atoms. The van der Waals surface area contributed by atoms with E-state index < -0.39 is 0 Å². The molecule has 1 aliphatic heterocycles. The maximum Gasteiger partial charge on any atom is 0.149 e. The van der Waals surface area contributed by atoms with Crippen LogP contribution in [0.2, 0.25) is 0 Å². The van der Waals surface area contributed by atoms with Gasteiger partial charge in [0.2, 0.25) is 0 Å². The Hall–Kier alpha value is -1.27. The van der Waals surface area contributed by atoms with Crippen LogP contribution in [0.5, 0.6) is 0 Å². The van der Waals surface area contributed by atoms with Gasteiger partial charge < -0.3 is 9.88 Å². The maximum absolute atomic E-state index is 4.27. The lowest BCUT2D eigenvalue weighted by atomic mass is 10.3. The lowest BCUT2D eigenvalue weighted by Gasteiger charge is -2.12. The third kappa shape index (κ3) is 2.10. The summed E-state index contributed by atoms with van der Waals surface area (Å²) in [4.78, 5) is 4.26. The van der Waals surface area contributed by atoms with Gasteiger partial charge in [0.15, 0.2) is 0 Å². The summed E-state index contributed by atoms with van der Waals surface area (Å²) in [6, 6.07) is 0.221. The number of aromatic nitrogens is 4. The van der Waals surface area contributed by atoms with Crippen LogP contribution in [-0.4, -0.2) is 19.7 Å². The molecule has 6 heteroatoms. The Morgan fingerprint density at radius 1 is 1.53 bits per heavy atom. The van der Waals surface area contributed by atoms with E-state index in [1.165, 1.54) is 6.42 Å².